The molecule has 100 valence electrons. The van der Waals surface area contributed by atoms with Gasteiger partial charge in [0.1, 0.15) is 0 Å². The normalized spacial score (nSPS) is 25.5. The summed E-state index contributed by atoms with van der Waals surface area (Å²) < 4.78 is 27.7. The van der Waals surface area contributed by atoms with Crippen molar-refractivity contribution < 1.29 is 8.42 Å². The highest BCUT2D eigenvalue weighted by Crippen LogP contribution is 2.31. The van der Waals surface area contributed by atoms with Crippen LogP contribution in [0.25, 0.3) is 0 Å². The third-order valence-electron chi connectivity index (χ3n) is 3.62. The number of hydrogen-bond donors (Lipinski definition) is 0. The van der Waals surface area contributed by atoms with Crippen LogP contribution < -0.4 is 0 Å². The van der Waals surface area contributed by atoms with Gasteiger partial charge in [-0.1, -0.05) is 47.2 Å². The van der Waals surface area contributed by atoms with Crippen LogP contribution in [-0.4, -0.2) is 29.7 Å². The predicted molar refractivity (Wildman–Crippen MR) is 81.5 cm³/mol. The molecule has 1 saturated heterocycles. The maximum Gasteiger partial charge on any atom is 0.243 e. The van der Waals surface area contributed by atoms with Gasteiger partial charge in [0.05, 0.1) is 4.90 Å². The van der Waals surface area contributed by atoms with Gasteiger partial charge in [0.2, 0.25) is 10.0 Å². The van der Waals surface area contributed by atoms with E-state index in [1.807, 2.05) is 19.1 Å². The summed E-state index contributed by atoms with van der Waals surface area (Å²) in [4.78, 5) is 0.414. The van der Waals surface area contributed by atoms with E-state index in [0.29, 0.717) is 17.4 Å². The number of sulfonamides is 1. The monoisotopic (exact) mass is 379 g/mol. The van der Waals surface area contributed by atoms with Gasteiger partial charge < -0.3 is 0 Å². The van der Waals surface area contributed by atoms with Crippen molar-refractivity contribution in [3.05, 3.63) is 29.8 Å². The zero-order chi connectivity index (χ0) is 13.3. The maximum absolute atomic E-state index is 12.6. The van der Waals surface area contributed by atoms with Gasteiger partial charge in [0.15, 0.2) is 0 Å². The quantitative estimate of drug-likeness (QED) is 0.598. The van der Waals surface area contributed by atoms with Crippen LogP contribution in [0.5, 0.6) is 0 Å². The van der Waals surface area contributed by atoms with E-state index in [-0.39, 0.29) is 6.04 Å². The molecule has 1 fully saturated rings. The number of benzene rings is 1. The molecule has 2 rings (SSSR count). The molecule has 0 aliphatic carbocycles. The molecule has 3 nitrogen and oxygen atoms in total. The van der Waals surface area contributed by atoms with Crippen LogP contribution in [0, 0.1) is 12.8 Å². The van der Waals surface area contributed by atoms with Crippen molar-refractivity contribution in [2.24, 2.45) is 5.92 Å². The van der Waals surface area contributed by atoms with Crippen LogP contribution in [0.15, 0.2) is 29.2 Å². The minimum absolute atomic E-state index is 0.136. The molecule has 0 amide bonds. The molecule has 1 heterocycles. The number of hydrogen-bond acceptors (Lipinski definition) is 2. The average molecular weight is 379 g/mol. The molecular weight excluding hydrogens is 361 g/mol. The molecule has 0 saturated carbocycles. The lowest BCUT2D eigenvalue weighted by Crippen LogP contribution is -2.38. The van der Waals surface area contributed by atoms with Crippen molar-refractivity contribution in [3.63, 3.8) is 0 Å². The molecule has 1 aliphatic rings. The van der Waals surface area contributed by atoms with Crippen LogP contribution in [0.1, 0.15) is 18.9 Å². The summed E-state index contributed by atoms with van der Waals surface area (Å²) in [7, 11) is -3.32. The Labute approximate surface area is 123 Å². The summed E-state index contributed by atoms with van der Waals surface area (Å²) in [6, 6.07) is 7.25. The third kappa shape index (κ3) is 2.58. The first-order valence-corrected chi connectivity index (χ1v) is 9.08. The van der Waals surface area contributed by atoms with Crippen LogP contribution in [0.4, 0.5) is 0 Å². The van der Waals surface area contributed by atoms with Crippen LogP contribution in [0.3, 0.4) is 0 Å². The van der Waals surface area contributed by atoms with Crippen molar-refractivity contribution in [1.29, 1.82) is 0 Å². The molecule has 1 aromatic carbocycles. The highest BCUT2D eigenvalue weighted by molar-refractivity contribution is 14.1. The molecule has 0 spiro atoms. The van der Waals surface area contributed by atoms with Crippen molar-refractivity contribution in [2.75, 3.05) is 11.0 Å². The highest BCUT2D eigenvalue weighted by atomic mass is 127. The first-order valence-electron chi connectivity index (χ1n) is 6.11. The maximum atomic E-state index is 12.6. The van der Waals surface area contributed by atoms with Crippen molar-refractivity contribution in [3.8, 4) is 0 Å². The van der Waals surface area contributed by atoms with E-state index in [4.69, 9.17) is 0 Å². The Balaban J connectivity index is 2.34. The second kappa shape index (κ2) is 5.46. The van der Waals surface area contributed by atoms with Crippen LogP contribution in [0.2, 0.25) is 0 Å². The summed E-state index contributed by atoms with van der Waals surface area (Å²) in [5, 5.41) is 0. The lowest BCUT2D eigenvalue weighted by molar-refractivity contribution is 0.380. The molecule has 0 N–H and O–H groups in total. The fourth-order valence-electron chi connectivity index (χ4n) is 2.35. The topological polar surface area (TPSA) is 37.4 Å². The Hall–Kier alpha value is -0.140. The van der Waals surface area contributed by atoms with Crippen molar-refractivity contribution >= 4 is 32.6 Å². The van der Waals surface area contributed by atoms with Gasteiger partial charge in [0, 0.05) is 17.0 Å². The molecule has 0 aromatic heterocycles. The lowest BCUT2D eigenvalue weighted by atomic mass is 10.1. The molecule has 5 heteroatoms. The minimum atomic E-state index is -3.32. The van der Waals surface area contributed by atoms with E-state index in [0.717, 1.165) is 16.4 Å². The standard InChI is InChI=1S/C13H18INO2S/c1-10-3-5-12(6-4-10)18(16,17)15-8-7-11(2)13(15)9-14/h3-6,11,13H,7-9H2,1-2H3/t11-,13-/m0/s1. The first-order chi connectivity index (χ1) is 8.46. The van der Waals surface area contributed by atoms with Gasteiger partial charge in [-0.15, -0.1) is 0 Å². The zero-order valence-corrected chi connectivity index (χ0v) is 13.6. The van der Waals surface area contributed by atoms with E-state index >= 15 is 0 Å². The third-order valence-corrected chi connectivity index (χ3v) is 6.46. The Kier molecular flexibility index (Phi) is 4.33. The molecule has 0 unspecified atom stereocenters. The van der Waals surface area contributed by atoms with Crippen molar-refractivity contribution in [2.45, 2.75) is 31.2 Å². The summed E-state index contributed by atoms with van der Waals surface area (Å²) >= 11 is 2.28. The lowest BCUT2D eigenvalue weighted by Gasteiger charge is -2.24. The minimum Gasteiger partial charge on any atom is -0.207 e. The average Bonchev–Trinajstić information content (AvgIpc) is 2.71. The number of halogens is 1. The Morgan fingerprint density at radius 1 is 1.33 bits per heavy atom. The summed E-state index contributed by atoms with van der Waals surface area (Å²) in [6.07, 6.45) is 0.957. The fraction of sp³-hybridized carbons (Fsp3) is 0.538. The van der Waals surface area contributed by atoms with Gasteiger partial charge in [-0.3, -0.25) is 0 Å². The Morgan fingerprint density at radius 3 is 2.50 bits per heavy atom. The number of rotatable bonds is 3. The van der Waals surface area contributed by atoms with E-state index < -0.39 is 10.0 Å². The molecule has 1 aliphatic heterocycles. The molecule has 0 bridgehead atoms. The molecule has 0 radical (unpaired) electrons. The second-order valence-corrected chi connectivity index (χ2v) is 7.69. The van der Waals surface area contributed by atoms with Gasteiger partial charge in [-0.2, -0.15) is 4.31 Å². The SMILES string of the molecule is Cc1ccc(S(=O)(=O)N2CC[C@H](C)[C@@H]2CI)cc1. The number of aryl methyl sites for hydroxylation is 1. The number of alkyl halides is 1. The highest BCUT2D eigenvalue weighted by Gasteiger charge is 2.38. The molecule has 1 aromatic rings. The summed E-state index contributed by atoms with van der Waals surface area (Å²) in [5.74, 6) is 0.446. The zero-order valence-electron chi connectivity index (χ0n) is 10.6. The molecular formula is C13H18INO2S. The Bertz CT molecular complexity index is 512. The van der Waals surface area contributed by atoms with Gasteiger partial charge in [-0.25, -0.2) is 8.42 Å². The van der Waals surface area contributed by atoms with Crippen molar-refractivity contribution in [1.82, 2.24) is 4.31 Å². The first kappa shape index (κ1) is 14.3. The summed E-state index contributed by atoms with van der Waals surface area (Å²) in [5.41, 5.74) is 1.08. The van der Waals surface area contributed by atoms with Crippen LogP contribution in [-0.2, 0) is 10.0 Å². The van der Waals surface area contributed by atoms with E-state index in [2.05, 4.69) is 29.5 Å². The van der Waals surface area contributed by atoms with E-state index in [1.54, 1.807) is 16.4 Å². The van der Waals surface area contributed by atoms with Gasteiger partial charge >= 0.3 is 0 Å². The van der Waals surface area contributed by atoms with Gasteiger partial charge in [-0.05, 0) is 31.4 Å². The second-order valence-electron chi connectivity index (χ2n) is 4.92. The smallest absolute Gasteiger partial charge is 0.207 e. The van der Waals surface area contributed by atoms with Crippen LogP contribution >= 0.6 is 22.6 Å². The molecule has 18 heavy (non-hydrogen) atoms. The predicted octanol–water partition coefficient (Wildman–Crippen LogP) is 2.83. The van der Waals surface area contributed by atoms with E-state index in [1.165, 1.54) is 0 Å². The summed E-state index contributed by atoms with van der Waals surface area (Å²) in [6.45, 7) is 4.74. The number of nitrogens with zero attached hydrogens (tertiary/aromatic N) is 1. The fourth-order valence-corrected chi connectivity index (χ4v) is 5.69. The van der Waals surface area contributed by atoms with Gasteiger partial charge in [0.25, 0.3) is 0 Å². The largest absolute Gasteiger partial charge is 0.243 e. The Morgan fingerprint density at radius 2 is 1.94 bits per heavy atom. The van der Waals surface area contributed by atoms with E-state index in [9.17, 15) is 8.42 Å². The molecule has 2 atom stereocenters.